The molecule has 0 unspecified atom stereocenters. The van der Waals surface area contributed by atoms with E-state index < -0.39 is 0 Å². The van der Waals surface area contributed by atoms with E-state index in [0.717, 1.165) is 22.5 Å². The number of hydrogen-bond donors (Lipinski definition) is 0. The SMILES string of the molecule is CCOC(=O)c1c(-c2ccc(C)cc2)cn(-c2ccc(Cl)cc2)c1C. The summed E-state index contributed by atoms with van der Waals surface area (Å²) in [5.74, 6) is -0.303. The smallest absolute Gasteiger partial charge is 0.340 e. The van der Waals surface area contributed by atoms with Gasteiger partial charge in [-0.3, -0.25) is 0 Å². The molecule has 0 amide bonds. The van der Waals surface area contributed by atoms with Gasteiger partial charge in [-0.05, 0) is 50.6 Å². The third-order valence-corrected chi connectivity index (χ3v) is 4.45. The number of ether oxygens (including phenoxy) is 1. The molecule has 1 heterocycles. The molecule has 4 heteroatoms. The van der Waals surface area contributed by atoms with E-state index in [-0.39, 0.29) is 5.97 Å². The number of esters is 1. The van der Waals surface area contributed by atoms with Gasteiger partial charge >= 0.3 is 5.97 Å². The quantitative estimate of drug-likeness (QED) is 0.572. The second-order valence-corrected chi connectivity index (χ2v) is 6.37. The highest BCUT2D eigenvalue weighted by Gasteiger charge is 2.22. The highest BCUT2D eigenvalue weighted by molar-refractivity contribution is 6.30. The van der Waals surface area contributed by atoms with Gasteiger partial charge in [0.25, 0.3) is 0 Å². The zero-order chi connectivity index (χ0) is 18.0. The molecule has 3 nitrogen and oxygen atoms in total. The third-order valence-electron chi connectivity index (χ3n) is 4.20. The molecule has 3 rings (SSSR count). The van der Waals surface area contributed by atoms with Gasteiger partial charge in [0.15, 0.2) is 0 Å². The first kappa shape index (κ1) is 17.3. The molecule has 0 N–H and O–H groups in total. The van der Waals surface area contributed by atoms with Crippen LogP contribution in [0.5, 0.6) is 0 Å². The Bertz CT molecular complexity index is 893. The minimum Gasteiger partial charge on any atom is -0.462 e. The zero-order valence-corrected chi connectivity index (χ0v) is 15.3. The second-order valence-electron chi connectivity index (χ2n) is 5.94. The van der Waals surface area contributed by atoms with Crippen LogP contribution in [0, 0.1) is 13.8 Å². The van der Waals surface area contributed by atoms with Gasteiger partial charge in [0, 0.05) is 28.2 Å². The summed E-state index contributed by atoms with van der Waals surface area (Å²) < 4.78 is 7.29. The van der Waals surface area contributed by atoms with Gasteiger partial charge in [-0.15, -0.1) is 0 Å². The van der Waals surface area contributed by atoms with E-state index in [1.807, 2.05) is 80.1 Å². The largest absolute Gasteiger partial charge is 0.462 e. The molecule has 0 saturated carbocycles. The van der Waals surface area contributed by atoms with Gasteiger partial charge in [0.05, 0.1) is 12.2 Å². The number of hydrogen-bond acceptors (Lipinski definition) is 2. The fourth-order valence-electron chi connectivity index (χ4n) is 2.89. The maximum atomic E-state index is 12.6. The van der Waals surface area contributed by atoms with Crippen LogP contribution >= 0.6 is 11.6 Å². The molecule has 0 aliphatic rings. The average molecular weight is 354 g/mol. The van der Waals surface area contributed by atoms with Crippen molar-refractivity contribution in [2.45, 2.75) is 20.8 Å². The van der Waals surface area contributed by atoms with E-state index in [2.05, 4.69) is 0 Å². The first-order chi connectivity index (χ1) is 12.0. The highest BCUT2D eigenvalue weighted by atomic mass is 35.5. The lowest BCUT2D eigenvalue weighted by atomic mass is 10.0. The van der Waals surface area contributed by atoms with E-state index in [9.17, 15) is 4.79 Å². The van der Waals surface area contributed by atoms with Gasteiger partial charge in [-0.25, -0.2) is 4.79 Å². The van der Waals surface area contributed by atoms with E-state index in [4.69, 9.17) is 16.3 Å². The summed E-state index contributed by atoms with van der Waals surface area (Å²) >= 11 is 5.99. The predicted molar refractivity (Wildman–Crippen MR) is 102 cm³/mol. The van der Waals surface area contributed by atoms with Crippen molar-refractivity contribution >= 4 is 17.6 Å². The molecule has 0 bridgehead atoms. The monoisotopic (exact) mass is 353 g/mol. The normalized spacial score (nSPS) is 10.7. The standard InChI is InChI=1S/C21H20ClNO2/c1-4-25-21(24)20-15(3)23(18-11-9-17(22)10-12-18)13-19(20)16-7-5-14(2)6-8-16/h5-13H,4H2,1-3H3. The van der Waals surface area contributed by atoms with Crippen molar-refractivity contribution in [1.29, 1.82) is 0 Å². The van der Waals surface area contributed by atoms with Crippen LogP contribution in [0.25, 0.3) is 16.8 Å². The molecule has 0 atom stereocenters. The predicted octanol–water partition coefficient (Wildman–Crippen LogP) is 5.59. The molecular weight excluding hydrogens is 334 g/mol. The van der Waals surface area contributed by atoms with E-state index in [1.54, 1.807) is 0 Å². The number of aromatic nitrogens is 1. The number of carbonyl (C=O) groups is 1. The lowest BCUT2D eigenvalue weighted by Crippen LogP contribution is -2.07. The van der Waals surface area contributed by atoms with Crippen molar-refractivity contribution in [3.05, 3.63) is 76.6 Å². The topological polar surface area (TPSA) is 31.2 Å². The van der Waals surface area contributed by atoms with Gasteiger partial charge < -0.3 is 9.30 Å². The summed E-state index contributed by atoms with van der Waals surface area (Å²) in [6, 6.07) is 15.7. The van der Waals surface area contributed by atoms with Crippen LogP contribution in [0.1, 0.15) is 28.5 Å². The number of nitrogens with zero attached hydrogens (tertiary/aromatic N) is 1. The van der Waals surface area contributed by atoms with Gasteiger partial charge in [0.1, 0.15) is 0 Å². The van der Waals surface area contributed by atoms with Crippen molar-refractivity contribution in [2.75, 3.05) is 6.61 Å². The first-order valence-corrected chi connectivity index (χ1v) is 8.61. The number of benzene rings is 2. The molecule has 0 aliphatic heterocycles. The van der Waals surface area contributed by atoms with Gasteiger partial charge in [-0.2, -0.15) is 0 Å². The molecule has 0 fully saturated rings. The molecule has 0 spiro atoms. The summed E-state index contributed by atoms with van der Waals surface area (Å²) in [4.78, 5) is 12.6. The Kier molecular flexibility index (Phi) is 4.95. The van der Waals surface area contributed by atoms with Crippen LogP contribution in [0.15, 0.2) is 54.7 Å². The third kappa shape index (κ3) is 3.47. The zero-order valence-electron chi connectivity index (χ0n) is 14.5. The molecule has 0 saturated heterocycles. The Labute approximate surface area is 152 Å². The molecule has 2 aromatic carbocycles. The molecular formula is C21H20ClNO2. The molecule has 1 aromatic heterocycles. The maximum absolute atomic E-state index is 12.6. The fourth-order valence-corrected chi connectivity index (χ4v) is 3.01. The molecule has 0 aliphatic carbocycles. The second kappa shape index (κ2) is 7.16. The summed E-state index contributed by atoms with van der Waals surface area (Å²) in [5.41, 5.74) is 5.42. The average Bonchev–Trinajstić information content (AvgIpc) is 2.94. The molecule has 128 valence electrons. The summed E-state index contributed by atoms with van der Waals surface area (Å²) in [6.07, 6.45) is 1.98. The first-order valence-electron chi connectivity index (χ1n) is 8.23. The van der Waals surface area contributed by atoms with Crippen molar-refractivity contribution in [3.63, 3.8) is 0 Å². The van der Waals surface area contributed by atoms with E-state index >= 15 is 0 Å². The summed E-state index contributed by atoms with van der Waals surface area (Å²) in [7, 11) is 0. The molecule has 25 heavy (non-hydrogen) atoms. The molecule has 3 aromatic rings. The van der Waals surface area contributed by atoms with Crippen LogP contribution in [-0.4, -0.2) is 17.1 Å². The Hall–Kier alpha value is -2.52. The minimum atomic E-state index is -0.303. The summed E-state index contributed by atoms with van der Waals surface area (Å²) in [6.45, 7) is 6.13. The Morgan fingerprint density at radius 2 is 1.68 bits per heavy atom. The fraction of sp³-hybridized carbons (Fsp3) is 0.190. The van der Waals surface area contributed by atoms with Crippen LogP contribution in [0.3, 0.4) is 0 Å². The van der Waals surface area contributed by atoms with Crippen molar-refractivity contribution in [3.8, 4) is 16.8 Å². The van der Waals surface area contributed by atoms with Crippen molar-refractivity contribution in [2.24, 2.45) is 0 Å². The Morgan fingerprint density at radius 1 is 1.04 bits per heavy atom. The van der Waals surface area contributed by atoms with Gasteiger partial charge in [0.2, 0.25) is 0 Å². The summed E-state index contributed by atoms with van der Waals surface area (Å²) in [5, 5.41) is 0.679. The highest BCUT2D eigenvalue weighted by Crippen LogP contribution is 2.31. The number of rotatable bonds is 4. The number of aryl methyl sites for hydroxylation is 1. The van der Waals surface area contributed by atoms with E-state index in [0.29, 0.717) is 17.2 Å². The van der Waals surface area contributed by atoms with E-state index in [1.165, 1.54) is 5.56 Å². The Morgan fingerprint density at radius 3 is 2.28 bits per heavy atom. The van der Waals surface area contributed by atoms with Crippen LogP contribution < -0.4 is 0 Å². The van der Waals surface area contributed by atoms with Crippen LogP contribution in [0.4, 0.5) is 0 Å². The maximum Gasteiger partial charge on any atom is 0.340 e. The van der Waals surface area contributed by atoms with Crippen molar-refractivity contribution in [1.82, 2.24) is 4.57 Å². The number of carbonyl (C=O) groups excluding carboxylic acids is 1. The minimum absolute atomic E-state index is 0.303. The lowest BCUT2D eigenvalue weighted by Gasteiger charge is -2.07. The van der Waals surface area contributed by atoms with Gasteiger partial charge in [-0.1, -0.05) is 41.4 Å². The lowest BCUT2D eigenvalue weighted by molar-refractivity contribution is 0.0526. The van der Waals surface area contributed by atoms with Crippen LogP contribution in [-0.2, 0) is 4.74 Å². The molecule has 0 radical (unpaired) electrons. The van der Waals surface area contributed by atoms with Crippen molar-refractivity contribution < 1.29 is 9.53 Å². The number of halogens is 1. The van der Waals surface area contributed by atoms with Crippen LogP contribution in [0.2, 0.25) is 5.02 Å². The Balaban J connectivity index is 2.18.